The largest absolute Gasteiger partial charge is 0.493 e. The number of carboxylic acids is 1. The number of carbonyl (C=O) groups excluding carboxylic acids is 1. The maximum atomic E-state index is 14.5. The molecule has 11 heteroatoms. The summed E-state index contributed by atoms with van der Waals surface area (Å²) < 4.78 is 44.7. The van der Waals surface area contributed by atoms with Gasteiger partial charge < -0.3 is 29.1 Å². The Labute approximate surface area is 255 Å². The summed E-state index contributed by atoms with van der Waals surface area (Å²) in [5, 5.41) is 10.2. The van der Waals surface area contributed by atoms with Crippen LogP contribution in [0.4, 0.5) is 8.78 Å². The Bertz CT molecular complexity index is 1490. The van der Waals surface area contributed by atoms with E-state index in [1.54, 1.807) is 41.6 Å². The molecule has 0 bridgehead atoms. The van der Waals surface area contributed by atoms with Gasteiger partial charge in [0.1, 0.15) is 0 Å². The van der Waals surface area contributed by atoms with E-state index >= 15 is 0 Å². The van der Waals surface area contributed by atoms with E-state index in [1.165, 1.54) is 27.4 Å². The first kappa shape index (κ1) is 31.2. The summed E-state index contributed by atoms with van der Waals surface area (Å²) in [5.74, 6) is -1.87. The average Bonchev–Trinajstić information content (AvgIpc) is 3.50. The molecule has 3 aromatic rings. The van der Waals surface area contributed by atoms with Gasteiger partial charge in [-0.1, -0.05) is 12.1 Å². The fraction of sp³-hybridized carbons (Fsp3) is 0.424. The minimum Gasteiger partial charge on any atom is -0.493 e. The van der Waals surface area contributed by atoms with Crippen LogP contribution in [0.5, 0.6) is 17.2 Å². The van der Waals surface area contributed by atoms with Gasteiger partial charge in [0.25, 0.3) is 5.91 Å². The van der Waals surface area contributed by atoms with Gasteiger partial charge in [-0.15, -0.1) is 0 Å². The van der Waals surface area contributed by atoms with Crippen molar-refractivity contribution in [2.24, 2.45) is 0 Å². The number of carbonyl (C=O) groups is 2. The Morgan fingerprint density at radius 3 is 2.18 bits per heavy atom. The lowest BCUT2D eigenvalue weighted by atomic mass is 9.73. The van der Waals surface area contributed by atoms with E-state index in [2.05, 4.69) is 9.88 Å². The molecule has 5 rings (SSSR count). The van der Waals surface area contributed by atoms with Crippen LogP contribution in [0.3, 0.4) is 0 Å². The highest BCUT2D eigenvalue weighted by atomic mass is 19.2. The van der Waals surface area contributed by atoms with Crippen molar-refractivity contribution < 1.29 is 37.7 Å². The SMILES string of the molecule is COc1cc(C(=O)N2CCC(CCN3CCC(C(=O)O)(c4cccnc4)CC3)(c3ccc(F)c(F)c3)C2)cc(OC)c1OC. The van der Waals surface area contributed by atoms with Crippen LogP contribution in [-0.2, 0) is 15.6 Å². The number of nitrogens with zero attached hydrogens (tertiary/aromatic N) is 3. The van der Waals surface area contributed by atoms with Gasteiger partial charge in [-0.2, -0.15) is 0 Å². The first-order valence-electron chi connectivity index (χ1n) is 14.6. The molecular weight excluding hydrogens is 572 g/mol. The van der Waals surface area contributed by atoms with Crippen molar-refractivity contribution in [3.8, 4) is 17.2 Å². The van der Waals surface area contributed by atoms with Gasteiger partial charge in [0, 0.05) is 36.5 Å². The topological polar surface area (TPSA) is 101 Å². The van der Waals surface area contributed by atoms with E-state index in [9.17, 15) is 23.5 Å². The molecule has 2 aliphatic heterocycles. The highest BCUT2D eigenvalue weighted by Crippen LogP contribution is 2.42. The monoisotopic (exact) mass is 609 g/mol. The number of methoxy groups -OCH3 is 3. The number of carboxylic acid groups (broad SMARTS) is 1. The number of rotatable bonds is 10. The number of piperidine rings is 1. The van der Waals surface area contributed by atoms with E-state index in [0.29, 0.717) is 92.3 Å². The highest BCUT2D eigenvalue weighted by molar-refractivity contribution is 5.96. The third kappa shape index (κ3) is 5.80. The zero-order chi connectivity index (χ0) is 31.5. The van der Waals surface area contributed by atoms with Crippen molar-refractivity contribution in [1.29, 1.82) is 0 Å². The number of benzene rings is 2. The average molecular weight is 610 g/mol. The van der Waals surface area contributed by atoms with Crippen molar-refractivity contribution in [1.82, 2.24) is 14.8 Å². The molecular formula is C33H37F2N3O6. The van der Waals surface area contributed by atoms with Crippen LogP contribution in [0.25, 0.3) is 0 Å². The normalized spacial score (nSPS) is 19.9. The molecule has 1 N–H and O–H groups in total. The highest BCUT2D eigenvalue weighted by Gasteiger charge is 2.45. The summed E-state index contributed by atoms with van der Waals surface area (Å²) in [4.78, 5) is 34.2. The fourth-order valence-electron chi connectivity index (χ4n) is 6.65. The number of aromatic nitrogens is 1. The van der Waals surface area contributed by atoms with Crippen molar-refractivity contribution in [2.75, 3.05) is 54.1 Å². The third-order valence-corrected chi connectivity index (χ3v) is 9.32. The molecule has 3 heterocycles. The van der Waals surface area contributed by atoms with Crippen LogP contribution in [0.1, 0.15) is 47.2 Å². The number of amides is 1. The second-order valence-corrected chi connectivity index (χ2v) is 11.5. The summed E-state index contributed by atoms with van der Waals surface area (Å²) in [5.41, 5.74) is 0.0535. The van der Waals surface area contributed by atoms with Crippen molar-refractivity contribution in [2.45, 2.75) is 36.5 Å². The van der Waals surface area contributed by atoms with Crippen LogP contribution in [0.15, 0.2) is 54.9 Å². The molecule has 0 radical (unpaired) electrons. The van der Waals surface area contributed by atoms with Crippen molar-refractivity contribution in [3.05, 3.63) is 83.2 Å². The molecule has 234 valence electrons. The Kier molecular flexibility index (Phi) is 9.05. The second-order valence-electron chi connectivity index (χ2n) is 11.5. The number of halogens is 2. The first-order valence-corrected chi connectivity index (χ1v) is 14.6. The predicted octanol–water partition coefficient (Wildman–Crippen LogP) is 4.68. The standard InChI is InChI=1S/C33H37F2N3O6/c1-42-27-17-22(18-28(43-2)29(27)44-3)30(39)38-16-9-32(21-38,23-6-7-25(34)26(35)19-23)8-13-37-14-10-33(11-15-37,31(40)41)24-5-4-12-36-20-24/h4-7,12,17-20H,8-11,13-16,21H2,1-3H3,(H,40,41). The fourth-order valence-corrected chi connectivity index (χ4v) is 6.65. The summed E-state index contributed by atoms with van der Waals surface area (Å²) in [7, 11) is 4.45. The zero-order valence-electron chi connectivity index (χ0n) is 25.1. The molecule has 9 nitrogen and oxygen atoms in total. The summed E-state index contributed by atoms with van der Waals surface area (Å²) in [6.07, 6.45) is 5.24. The van der Waals surface area contributed by atoms with Gasteiger partial charge in [-0.3, -0.25) is 14.6 Å². The minimum atomic E-state index is -1.00. The Morgan fingerprint density at radius 1 is 0.909 bits per heavy atom. The number of likely N-dealkylation sites (tertiary alicyclic amines) is 2. The first-order chi connectivity index (χ1) is 21.2. The van der Waals surface area contributed by atoms with E-state index in [1.807, 2.05) is 6.07 Å². The summed E-state index contributed by atoms with van der Waals surface area (Å²) >= 11 is 0. The van der Waals surface area contributed by atoms with Crippen LogP contribution in [0.2, 0.25) is 0 Å². The number of aliphatic carboxylic acids is 1. The van der Waals surface area contributed by atoms with Gasteiger partial charge in [-0.05, 0) is 86.8 Å². The van der Waals surface area contributed by atoms with E-state index in [-0.39, 0.29) is 5.91 Å². The molecule has 0 saturated carbocycles. The zero-order valence-corrected chi connectivity index (χ0v) is 25.1. The maximum absolute atomic E-state index is 14.5. The lowest BCUT2D eigenvalue weighted by Crippen LogP contribution is -2.48. The molecule has 2 saturated heterocycles. The van der Waals surface area contributed by atoms with Gasteiger partial charge >= 0.3 is 5.97 Å². The van der Waals surface area contributed by atoms with Crippen LogP contribution >= 0.6 is 0 Å². The number of pyridine rings is 1. The molecule has 1 unspecified atom stereocenters. The van der Waals surface area contributed by atoms with Gasteiger partial charge in [-0.25, -0.2) is 8.78 Å². The Hall–Kier alpha value is -4.25. The minimum absolute atomic E-state index is 0.241. The molecule has 1 aromatic heterocycles. The Balaban J connectivity index is 1.36. The lowest BCUT2D eigenvalue weighted by Gasteiger charge is -2.40. The van der Waals surface area contributed by atoms with Crippen molar-refractivity contribution in [3.63, 3.8) is 0 Å². The lowest BCUT2D eigenvalue weighted by molar-refractivity contribution is -0.146. The number of hydrogen-bond donors (Lipinski definition) is 1. The Morgan fingerprint density at radius 2 is 1.61 bits per heavy atom. The third-order valence-electron chi connectivity index (χ3n) is 9.32. The van der Waals surface area contributed by atoms with E-state index in [4.69, 9.17) is 14.2 Å². The molecule has 0 aliphatic carbocycles. The van der Waals surface area contributed by atoms with E-state index in [0.717, 1.165) is 6.07 Å². The van der Waals surface area contributed by atoms with Crippen molar-refractivity contribution >= 4 is 11.9 Å². The molecule has 1 atom stereocenters. The van der Waals surface area contributed by atoms with Gasteiger partial charge in [0.15, 0.2) is 23.1 Å². The summed E-state index contributed by atoms with van der Waals surface area (Å²) in [6, 6.07) is 10.7. The van der Waals surface area contributed by atoms with Crippen LogP contribution < -0.4 is 14.2 Å². The van der Waals surface area contributed by atoms with Gasteiger partial charge in [0.05, 0.1) is 26.7 Å². The molecule has 2 aromatic carbocycles. The van der Waals surface area contributed by atoms with Crippen LogP contribution in [0, 0.1) is 11.6 Å². The molecule has 0 spiro atoms. The quantitative estimate of drug-likeness (QED) is 0.354. The van der Waals surface area contributed by atoms with Gasteiger partial charge in [0.2, 0.25) is 5.75 Å². The molecule has 44 heavy (non-hydrogen) atoms. The van der Waals surface area contributed by atoms with E-state index < -0.39 is 28.4 Å². The predicted molar refractivity (Wildman–Crippen MR) is 158 cm³/mol. The molecule has 1 amide bonds. The smallest absolute Gasteiger partial charge is 0.314 e. The second kappa shape index (κ2) is 12.8. The number of hydrogen-bond acceptors (Lipinski definition) is 7. The summed E-state index contributed by atoms with van der Waals surface area (Å²) in [6.45, 7) is 2.44. The maximum Gasteiger partial charge on any atom is 0.314 e. The molecule has 2 aliphatic rings. The van der Waals surface area contributed by atoms with Crippen LogP contribution in [-0.4, -0.2) is 85.8 Å². The number of ether oxygens (including phenoxy) is 3. The molecule has 2 fully saturated rings.